The largest absolute Gasteiger partial charge is 0.350 e. The molecule has 3 N–H and O–H groups in total. The standard InChI is InChI=1S/C17H25N5O2/c23-15-14(18-7-8-19-15)22-9-1-2-13(10-22)21-16(24)20-11-17(5-6-17)12-3-4-12/h7-8,12-13H,1-6,9-11H2,(H,19,23)(H2,20,21,24)/t13-/m1/s1. The van der Waals surface area contributed by atoms with E-state index < -0.39 is 0 Å². The minimum Gasteiger partial charge on any atom is -0.350 e. The van der Waals surface area contributed by atoms with Gasteiger partial charge in [-0.2, -0.15) is 0 Å². The van der Waals surface area contributed by atoms with Crippen molar-refractivity contribution < 1.29 is 4.79 Å². The number of hydrogen-bond donors (Lipinski definition) is 3. The lowest BCUT2D eigenvalue weighted by Crippen LogP contribution is -2.52. The molecule has 0 unspecified atom stereocenters. The van der Waals surface area contributed by atoms with E-state index in [4.69, 9.17) is 0 Å². The van der Waals surface area contributed by atoms with E-state index in [1.807, 2.05) is 4.90 Å². The molecule has 0 radical (unpaired) electrons. The zero-order chi connectivity index (χ0) is 16.6. The van der Waals surface area contributed by atoms with Crippen molar-refractivity contribution in [1.82, 2.24) is 20.6 Å². The SMILES string of the molecule is O=C(NCC1(C2CC2)CC1)N[C@@H]1CCCN(c2ncc[nH]c2=O)C1. The van der Waals surface area contributed by atoms with Crippen LogP contribution in [0.15, 0.2) is 17.2 Å². The fourth-order valence-electron chi connectivity index (χ4n) is 3.93. The molecule has 3 fully saturated rings. The Balaban J connectivity index is 1.29. The summed E-state index contributed by atoms with van der Waals surface area (Å²) in [6.45, 7) is 2.23. The molecule has 0 bridgehead atoms. The summed E-state index contributed by atoms with van der Waals surface area (Å²) < 4.78 is 0. The van der Waals surface area contributed by atoms with E-state index >= 15 is 0 Å². The summed E-state index contributed by atoms with van der Waals surface area (Å²) in [5.74, 6) is 1.29. The molecule has 1 aromatic rings. The van der Waals surface area contributed by atoms with Crippen molar-refractivity contribution in [2.24, 2.45) is 11.3 Å². The molecular weight excluding hydrogens is 306 g/mol. The summed E-state index contributed by atoms with van der Waals surface area (Å²) in [5, 5.41) is 6.13. The molecule has 2 saturated carbocycles. The van der Waals surface area contributed by atoms with E-state index in [2.05, 4.69) is 20.6 Å². The first-order valence-electron chi connectivity index (χ1n) is 8.99. The fraction of sp³-hybridized carbons (Fsp3) is 0.706. The van der Waals surface area contributed by atoms with Crippen LogP contribution in [0.2, 0.25) is 0 Å². The van der Waals surface area contributed by atoms with E-state index in [1.54, 1.807) is 6.20 Å². The Bertz CT molecular complexity index is 665. The van der Waals surface area contributed by atoms with Gasteiger partial charge in [-0.3, -0.25) is 4.79 Å². The zero-order valence-electron chi connectivity index (χ0n) is 13.9. The van der Waals surface area contributed by atoms with Crippen molar-refractivity contribution in [3.8, 4) is 0 Å². The van der Waals surface area contributed by atoms with Gasteiger partial charge in [0.25, 0.3) is 5.56 Å². The second-order valence-corrected chi connectivity index (χ2v) is 7.49. The van der Waals surface area contributed by atoms with E-state index in [9.17, 15) is 9.59 Å². The molecule has 1 atom stereocenters. The van der Waals surface area contributed by atoms with Gasteiger partial charge in [-0.25, -0.2) is 9.78 Å². The molecule has 0 aromatic carbocycles. The monoisotopic (exact) mass is 331 g/mol. The molecule has 130 valence electrons. The smallest absolute Gasteiger partial charge is 0.315 e. The maximum Gasteiger partial charge on any atom is 0.315 e. The number of nitrogens with zero attached hydrogens (tertiary/aromatic N) is 2. The van der Waals surface area contributed by atoms with Gasteiger partial charge >= 0.3 is 6.03 Å². The van der Waals surface area contributed by atoms with Crippen molar-refractivity contribution in [2.45, 2.75) is 44.6 Å². The van der Waals surface area contributed by atoms with Crippen LogP contribution in [0.1, 0.15) is 38.5 Å². The number of aromatic amines is 1. The summed E-state index contributed by atoms with van der Waals surface area (Å²) in [7, 11) is 0. The number of carbonyl (C=O) groups excluding carboxylic acids is 1. The molecule has 4 rings (SSSR count). The summed E-state index contributed by atoms with van der Waals surface area (Å²) in [6.07, 6.45) is 10.2. The van der Waals surface area contributed by atoms with Crippen molar-refractivity contribution >= 4 is 11.8 Å². The molecule has 2 heterocycles. The second kappa shape index (κ2) is 6.11. The summed E-state index contributed by atoms with van der Waals surface area (Å²) in [5.41, 5.74) is 0.236. The lowest BCUT2D eigenvalue weighted by molar-refractivity contribution is 0.231. The maximum atomic E-state index is 12.2. The number of nitrogens with one attached hydrogen (secondary N) is 3. The van der Waals surface area contributed by atoms with Gasteiger partial charge in [0.15, 0.2) is 5.82 Å². The Morgan fingerprint density at radius 2 is 2.21 bits per heavy atom. The van der Waals surface area contributed by atoms with Gasteiger partial charge in [0, 0.05) is 38.1 Å². The molecule has 1 aliphatic heterocycles. The number of amides is 2. The van der Waals surface area contributed by atoms with Crippen molar-refractivity contribution in [3.63, 3.8) is 0 Å². The first kappa shape index (κ1) is 15.5. The molecule has 7 heteroatoms. The van der Waals surface area contributed by atoms with Crippen LogP contribution in [0.5, 0.6) is 0 Å². The molecule has 24 heavy (non-hydrogen) atoms. The van der Waals surface area contributed by atoms with Crippen LogP contribution in [0.4, 0.5) is 10.6 Å². The topological polar surface area (TPSA) is 90.1 Å². The Morgan fingerprint density at radius 3 is 2.92 bits per heavy atom. The van der Waals surface area contributed by atoms with Gasteiger partial charge in [0.1, 0.15) is 0 Å². The number of H-pyrrole nitrogens is 1. The molecule has 1 aromatic heterocycles. The van der Waals surface area contributed by atoms with Crippen LogP contribution >= 0.6 is 0 Å². The van der Waals surface area contributed by atoms with E-state index in [1.165, 1.54) is 31.9 Å². The Labute approximate surface area is 141 Å². The maximum absolute atomic E-state index is 12.2. The zero-order valence-corrected chi connectivity index (χ0v) is 13.9. The van der Waals surface area contributed by atoms with Gasteiger partial charge < -0.3 is 20.5 Å². The number of anilines is 1. The van der Waals surface area contributed by atoms with Crippen LogP contribution < -0.4 is 21.1 Å². The third-order valence-corrected chi connectivity index (χ3v) is 5.68. The second-order valence-electron chi connectivity index (χ2n) is 7.49. The molecule has 0 spiro atoms. The van der Waals surface area contributed by atoms with E-state index in [0.717, 1.165) is 31.8 Å². The van der Waals surface area contributed by atoms with Crippen LogP contribution in [0, 0.1) is 11.3 Å². The highest BCUT2D eigenvalue weighted by atomic mass is 16.2. The molecular formula is C17H25N5O2. The van der Waals surface area contributed by atoms with Crippen molar-refractivity contribution in [1.29, 1.82) is 0 Å². The highest BCUT2D eigenvalue weighted by Crippen LogP contribution is 2.60. The van der Waals surface area contributed by atoms with E-state index in [-0.39, 0.29) is 17.6 Å². The van der Waals surface area contributed by atoms with Crippen LogP contribution in [-0.2, 0) is 0 Å². The van der Waals surface area contributed by atoms with Crippen LogP contribution in [0.25, 0.3) is 0 Å². The van der Waals surface area contributed by atoms with E-state index in [0.29, 0.717) is 17.8 Å². The average Bonchev–Trinajstić information content (AvgIpc) is 3.47. The number of rotatable bonds is 5. The number of hydrogen-bond acceptors (Lipinski definition) is 4. The minimum atomic E-state index is -0.178. The molecule has 1 saturated heterocycles. The lowest BCUT2D eigenvalue weighted by Gasteiger charge is -2.33. The number of urea groups is 1. The van der Waals surface area contributed by atoms with Crippen molar-refractivity contribution in [2.75, 3.05) is 24.5 Å². The normalized spacial score (nSPS) is 25.2. The first-order valence-corrected chi connectivity index (χ1v) is 8.99. The lowest BCUT2D eigenvalue weighted by atomic mass is 10.0. The minimum absolute atomic E-state index is 0.0521. The first-order chi connectivity index (χ1) is 11.7. The van der Waals surface area contributed by atoms with Gasteiger partial charge in [0.05, 0.1) is 0 Å². The average molecular weight is 331 g/mol. The van der Waals surface area contributed by atoms with Gasteiger partial charge in [-0.1, -0.05) is 0 Å². The predicted octanol–water partition coefficient (Wildman–Crippen LogP) is 1.23. The highest BCUT2D eigenvalue weighted by molar-refractivity contribution is 5.74. The third kappa shape index (κ3) is 3.25. The third-order valence-electron chi connectivity index (χ3n) is 5.68. The fourth-order valence-corrected chi connectivity index (χ4v) is 3.93. The molecule has 2 amide bonds. The van der Waals surface area contributed by atoms with Crippen molar-refractivity contribution in [3.05, 3.63) is 22.7 Å². The molecule has 7 nitrogen and oxygen atoms in total. The number of piperidine rings is 1. The van der Waals surface area contributed by atoms with Crippen LogP contribution in [0.3, 0.4) is 0 Å². The summed E-state index contributed by atoms with van der Waals surface area (Å²) >= 11 is 0. The quantitative estimate of drug-likeness (QED) is 0.757. The number of carbonyl (C=O) groups is 1. The predicted molar refractivity (Wildman–Crippen MR) is 91.0 cm³/mol. The van der Waals surface area contributed by atoms with Gasteiger partial charge in [-0.15, -0.1) is 0 Å². The Hall–Kier alpha value is -2.05. The highest BCUT2D eigenvalue weighted by Gasteiger charge is 2.53. The molecule has 3 aliphatic rings. The van der Waals surface area contributed by atoms with Gasteiger partial charge in [-0.05, 0) is 49.9 Å². The Morgan fingerprint density at radius 1 is 1.38 bits per heavy atom. The van der Waals surface area contributed by atoms with Crippen LogP contribution in [-0.4, -0.2) is 41.7 Å². The van der Waals surface area contributed by atoms with Gasteiger partial charge in [0.2, 0.25) is 0 Å². The molecule has 2 aliphatic carbocycles. The summed E-state index contributed by atoms with van der Waals surface area (Å²) in [4.78, 5) is 32.9. The Kier molecular flexibility index (Phi) is 3.94. The summed E-state index contributed by atoms with van der Waals surface area (Å²) in [6, 6.07) is -0.0278. The number of aromatic nitrogens is 2.